The van der Waals surface area contributed by atoms with E-state index in [1.54, 1.807) is 28.9 Å². The van der Waals surface area contributed by atoms with E-state index in [2.05, 4.69) is 10.1 Å². The van der Waals surface area contributed by atoms with Crippen molar-refractivity contribution in [2.45, 2.75) is 6.54 Å². The fourth-order valence-electron chi connectivity index (χ4n) is 3.66. The fraction of sp³-hybridized carbons (Fsp3) is 0.0870. The number of fused-ring (bicyclic) bond motifs is 2. The minimum absolute atomic E-state index is 0.125. The van der Waals surface area contributed by atoms with Crippen molar-refractivity contribution in [1.29, 1.82) is 0 Å². The van der Waals surface area contributed by atoms with E-state index in [0.29, 0.717) is 16.5 Å². The van der Waals surface area contributed by atoms with Crippen molar-refractivity contribution in [2.75, 3.05) is 0 Å². The van der Waals surface area contributed by atoms with Crippen LogP contribution in [0.15, 0.2) is 78.0 Å². The second-order valence-electron chi connectivity index (χ2n) is 7.04. The molecule has 142 valence electrons. The molecule has 0 amide bonds. The molecule has 0 spiro atoms. The van der Waals surface area contributed by atoms with Gasteiger partial charge in [-0.2, -0.15) is 5.10 Å². The molecule has 0 radical (unpaired) electrons. The third kappa shape index (κ3) is 2.99. The minimum Gasteiger partial charge on any atom is -0.294 e. The monoisotopic (exact) mass is 384 g/mol. The van der Waals surface area contributed by atoms with Crippen LogP contribution in [0.5, 0.6) is 0 Å². The van der Waals surface area contributed by atoms with Crippen LogP contribution in [-0.4, -0.2) is 19.3 Å². The van der Waals surface area contributed by atoms with E-state index >= 15 is 0 Å². The maximum absolute atomic E-state index is 14.9. The lowest BCUT2D eigenvalue weighted by molar-refractivity contribution is 0.596. The SMILES string of the molecule is Cn1cc2c(-c3ccc(Cn4cnc5ccccc5c4=O)c(F)c3)cccc2n1. The molecule has 0 fully saturated rings. The van der Waals surface area contributed by atoms with Crippen LogP contribution >= 0.6 is 0 Å². The Kier molecular flexibility index (Phi) is 3.98. The summed E-state index contributed by atoms with van der Waals surface area (Å²) in [5.74, 6) is -0.358. The second-order valence-corrected chi connectivity index (χ2v) is 7.04. The highest BCUT2D eigenvalue weighted by molar-refractivity contribution is 5.94. The van der Waals surface area contributed by atoms with Gasteiger partial charge >= 0.3 is 0 Å². The van der Waals surface area contributed by atoms with Crippen LogP contribution in [0.4, 0.5) is 4.39 Å². The average Bonchev–Trinajstić information content (AvgIpc) is 3.12. The number of halogens is 1. The molecular weight excluding hydrogens is 367 g/mol. The first kappa shape index (κ1) is 17.3. The van der Waals surface area contributed by atoms with E-state index in [-0.39, 0.29) is 17.9 Å². The molecule has 3 aromatic carbocycles. The number of nitrogens with zero attached hydrogens (tertiary/aromatic N) is 4. The van der Waals surface area contributed by atoms with E-state index in [1.807, 2.05) is 43.6 Å². The Balaban J connectivity index is 1.54. The predicted octanol–water partition coefficient (Wildman–Crippen LogP) is 4.14. The smallest absolute Gasteiger partial charge is 0.261 e. The molecule has 5 rings (SSSR count). The number of aromatic nitrogens is 4. The first-order valence-corrected chi connectivity index (χ1v) is 9.25. The summed E-state index contributed by atoms with van der Waals surface area (Å²) in [4.78, 5) is 17.0. The van der Waals surface area contributed by atoms with Crippen LogP contribution in [-0.2, 0) is 13.6 Å². The Bertz CT molecular complexity index is 1430. The van der Waals surface area contributed by atoms with Gasteiger partial charge in [-0.25, -0.2) is 9.37 Å². The molecule has 0 saturated carbocycles. The normalized spacial score (nSPS) is 11.4. The van der Waals surface area contributed by atoms with Gasteiger partial charge in [-0.3, -0.25) is 14.0 Å². The Morgan fingerprint density at radius 1 is 0.966 bits per heavy atom. The van der Waals surface area contributed by atoms with Gasteiger partial charge in [0.15, 0.2) is 0 Å². The van der Waals surface area contributed by atoms with Gasteiger partial charge in [0.2, 0.25) is 0 Å². The zero-order valence-corrected chi connectivity index (χ0v) is 15.7. The van der Waals surface area contributed by atoms with Crippen molar-refractivity contribution in [3.8, 4) is 11.1 Å². The molecule has 0 unspecified atom stereocenters. The number of benzene rings is 3. The Morgan fingerprint density at radius 3 is 2.66 bits per heavy atom. The summed E-state index contributed by atoms with van der Waals surface area (Å²) >= 11 is 0. The summed E-state index contributed by atoms with van der Waals surface area (Å²) < 4.78 is 18.1. The van der Waals surface area contributed by atoms with Crippen LogP contribution in [0.3, 0.4) is 0 Å². The summed E-state index contributed by atoms with van der Waals surface area (Å²) in [6, 6.07) is 18.1. The van der Waals surface area contributed by atoms with Gasteiger partial charge in [-0.15, -0.1) is 0 Å². The van der Waals surface area contributed by atoms with Crippen LogP contribution in [0, 0.1) is 5.82 Å². The lowest BCUT2D eigenvalue weighted by Crippen LogP contribution is -2.21. The van der Waals surface area contributed by atoms with E-state index < -0.39 is 0 Å². The molecular formula is C23H17FN4O. The van der Waals surface area contributed by atoms with Gasteiger partial charge in [0, 0.05) is 24.2 Å². The number of hydrogen-bond acceptors (Lipinski definition) is 3. The van der Waals surface area contributed by atoms with Crippen LogP contribution in [0.2, 0.25) is 0 Å². The maximum Gasteiger partial charge on any atom is 0.261 e. The van der Waals surface area contributed by atoms with Crippen LogP contribution in [0.25, 0.3) is 32.9 Å². The van der Waals surface area contributed by atoms with E-state index in [9.17, 15) is 9.18 Å². The average molecular weight is 384 g/mol. The first-order chi connectivity index (χ1) is 14.1. The second kappa shape index (κ2) is 6.67. The molecule has 0 N–H and O–H groups in total. The molecule has 5 nitrogen and oxygen atoms in total. The zero-order chi connectivity index (χ0) is 20.0. The number of aryl methyl sites for hydroxylation is 1. The maximum atomic E-state index is 14.9. The largest absolute Gasteiger partial charge is 0.294 e. The Labute approximate surface area is 165 Å². The third-order valence-corrected chi connectivity index (χ3v) is 5.10. The minimum atomic E-state index is -0.358. The number of hydrogen-bond donors (Lipinski definition) is 0. The van der Waals surface area contributed by atoms with E-state index in [1.165, 1.54) is 17.0 Å². The summed E-state index contributed by atoms with van der Waals surface area (Å²) in [7, 11) is 1.86. The highest BCUT2D eigenvalue weighted by Crippen LogP contribution is 2.29. The predicted molar refractivity (Wildman–Crippen MR) is 111 cm³/mol. The molecule has 0 atom stereocenters. The molecule has 2 heterocycles. The first-order valence-electron chi connectivity index (χ1n) is 9.25. The van der Waals surface area contributed by atoms with Crippen molar-refractivity contribution < 1.29 is 4.39 Å². The van der Waals surface area contributed by atoms with Crippen molar-refractivity contribution in [2.24, 2.45) is 7.05 Å². The van der Waals surface area contributed by atoms with Gasteiger partial charge in [0.05, 0.1) is 29.3 Å². The van der Waals surface area contributed by atoms with Crippen molar-refractivity contribution in [1.82, 2.24) is 19.3 Å². The summed E-state index contributed by atoms with van der Waals surface area (Å²) in [6.45, 7) is 0.125. The fourth-order valence-corrected chi connectivity index (χ4v) is 3.66. The highest BCUT2D eigenvalue weighted by Gasteiger charge is 2.11. The topological polar surface area (TPSA) is 52.7 Å². The summed E-state index contributed by atoms with van der Waals surface area (Å²) in [5.41, 5.74) is 3.45. The van der Waals surface area contributed by atoms with Crippen LogP contribution < -0.4 is 5.56 Å². The molecule has 5 aromatic rings. The Morgan fingerprint density at radius 2 is 1.79 bits per heavy atom. The molecule has 29 heavy (non-hydrogen) atoms. The molecule has 6 heteroatoms. The molecule has 0 bridgehead atoms. The molecule has 0 aliphatic heterocycles. The third-order valence-electron chi connectivity index (χ3n) is 5.10. The standard InChI is InChI=1S/C23H17FN4O/c1-27-13-19-17(6-4-8-22(19)26-27)15-9-10-16(20(24)11-15)12-28-14-25-21-7-3-2-5-18(21)23(28)29/h2-11,13-14H,12H2,1H3. The summed E-state index contributed by atoms with van der Waals surface area (Å²) in [5, 5.41) is 5.90. The molecule has 0 aliphatic carbocycles. The van der Waals surface area contributed by atoms with Crippen molar-refractivity contribution >= 4 is 21.8 Å². The zero-order valence-electron chi connectivity index (χ0n) is 15.7. The molecule has 0 saturated heterocycles. The lowest BCUT2D eigenvalue weighted by Gasteiger charge is -2.10. The quantitative estimate of drug-likeness (QED) is 0.470. The van der Waals surface area contributed by atoms with E-state index in [0.717, 1.165) is 22.0 Å². The Hall–Kier alpha value is -3.80. The number of para-hydroxylation sites is 1. The van der Waals surface area contributed by atoms with Gasteiger partial charge in [-0.05, 0) is 35.4 Å². The number of rotatable bonds is 3. The summed E-state index contributed by atoms with van der Waals surface area (Å²) in [6.07, 6.45) is 3.39. The highest BCUT2D eigenvalue weighted by atomic mass is 19.1. The lowest BCUT2D eigenvalue weighted by atomic mass is 10.0. The van der Waals surface area contributed by atoms with Gasteiger partial charge in [0.25, 0.3) is 5.56 Å². The van der Waals surface area contributed by atoms with Crippen molar-refractivity contribution in [3.05, 3.63) is 94.9 Å². The van der Waals surface area contributed by atoms with Gasteiger partial charge in [0.1, 0.15) is 5.82 Å². The van der Waals surface area contributed by atoms with Gasteiger partial charge < -0.3 is 0 Å². The molecule has 0 aliphatic rings. The van der Waals surface area contributed by atoms with E-state index in [4.69, 9.17) is 0 Å². The molecule has 2 aromatic heterocycles. The van der Waals surface area contributed by atoms with Crippen molar-refractivity contribution in [3.63, 3.8) is 0 Å². The van der Waals surface area contributed by atoms with Crippen LogP contribution in [0.1, 0.15) is 5.56 Å². The van der Waals surface area contributed by atoms with Gasteiger partial charge in [-0.1, -0.05) is 36.4 Å².